The van der Waals surface area contributed by atoms with Gasteiger partial charge in [0.1, 0.15) is 0 Å². The number of carbonyl (C=O) groups is 2. The molecule has 0 aliphatic rings. The second-order valence-electron chi connectivity index (χ2n) is 6.89. The van der Waals surface area contributed by atoms with Gasteiger partial charge < -0.3 is 10.3 Å². The minimum absolute atomic E-state index is 0.0300. The van der Waals surface area contributed by atoms with E-state index >= 15 is 0 Å². The van der Waals surface area contributed by atoms with Crippen LogP contribution in [-0.4, -0.2) is 27.0 Å². The van der Waals surface area contributed by atoms with Gasteiger partial charge in [-0.2, -0.15) is 0 Å². The molecule has 152 valence electrons. The lowest BCUT2D eigenvalue weighted by atomic mass is 10.1. The van der Waals surface area contributed by atoms with Crippen LogP contribution in [0.4, 0.5) is 0 Å². The zero-order valence-electron chi connectivity index (χ0n) is 16.3. The van der Waals surface area contributed by atoms with Crippen LogP contribution in [0, 0.1) is 0 Å². The quantitative estimate of drug-likeness (QED) is 0.313. The molecule has 4 rings (SSSR count). The summed E-state index contributed by atoms with van der Waals surface area (Å²) in [4.78, 5) is 29.9. The lowest BCUT2D eigenvalue weighted by Crippen LogP contribution is -2.12. The fourth-order valence-electron chi connectivity index (χ4n) is 3.26. The first-order valence-corrected chi connectivity index (χ1v) is 11.4. The van der Waals surface area contributed by atoms with Crippen molar-refractivity contribution in [2.24, 2.45) is 5.73 Å². The van der Waals surface area contributed by atoms with Crippen molar-refractivity contribution in [3.63, 3.8) is 0 Å². The second kappa shape index (κ2) is 9.28. The van der Waals surface area contributed by atoms with Crippen LogP contribution < -0.4 is 5.73 Å². The van der Waals surface area contributed by atoms with Crippen molar-refractivity contribution in [2.75, 3.05) is 5.75 Å². The van der Waals surface area contributed by atoms with Crippen molar-refractivity contribution in [3.05, 3.63) is 82.0 Å². The number of carbonyl (C=O) groups excluding carboxylic acids is 2. The van der Waals surface area contributed by atoms with E-state index in [0.29, 0.717) is 10.6 Å². The first-order valence-electron chi connectivity index (χ1n) is 9.62. The van der Waals surface area contributed by atoms with Crippen molar-refractivity contribution >= 4 is 45.8 Å². The first-order chi connectivity index (χ1) is 14.6. The topological polar surface area (TPSA) is 78.0 Å². The summed E-state index contributed by atoms with van der Waals surface area (Å²) < 4.78 is 2.19. The molecule has 7 heteroatoms. The van der Waals surface area contributed by atoms with Crippen molar-refractivity contribution in [2.45, 2.75) is 24.5 Å². The van der Waals surface area contributed by atoms with E-state index in [1.807, 2.05) is 36.4 Å². The molecule has 2 heterocycles. The number of rotatable bonds is 9. The van der Waals surface area contributed by atoms with Crippen molar-refractivity contribution < 1.29 is 9.59 Å². The summed E-state index contributed by atoms with van der Waals surface area (Å²) in [5, 5.41) is 0.842. The van der Waals surface area contributed by atoms with Gasteiger partial charge in [-0.05, 0) is 36.2 Å². The van der Waals surface area contributed by atoms with Gasteiger partial charge in [-0.3, -0.25) is 9.59 Å². The number of imidazole rings is 1. The molecule has 2 aromatic carbocycles. The third-order valence-electron chi connectivity index (χ3n) is 4.70. The largest absolute Gasteiger partial charge is 0.369 e. The minimum atomic E-state index is -0.391. The number of Topliss-reactive ketones (excluding diaryl/α,β-unsaturated/α-hetero) is 1. The normalized spacial score (nSPS) is 11.1. The van der Waals surface area contributed by atoms with Gasteiger partial charge in [-0.25, -0.2) is 4.98 Å². The Morgan fingerprint density at radius 2 is 1.77 bits per heavy atom. The highest BCUT2D eigenvalue weighted by Crippen LogP contribution is 2.26. The second-order valence-corrected chi connectivity index (χ2v) is 9.00. The molecule has 0 atom stereocenters. The Labute approximate surface area is 182 Å². The summed E-state index contributed by atoms with van der Waals surface area (Å²) in [6.45, 7) is 0.794. The number of ketones is 1. The third kappa shape index (κ3) is 4.80. The zero-order valence-corrected chi connectivity index (χ0v) is 17.9. The number of hydrogen-bond acceptors (Lipinski definition) is 5. The predicted molar refractivity (Wildman–Crippen MR) is 122 cm³/mol. The Kier molecular flexibility index (Phi) is 6.30. The Balaban J connectivity index is 1.49. The maximum Gasteiger partial charge on any atom is 0.222 e. The van der Waals surface area contributed by atoms with Crippen molar-refractivity contribution in [3.8, 4) is 0 Å². The molecule has 4 aromatic rings. The molecule has 0 saturated carbocycles. The fraction of sp³-hybridized carbons (Fsp3) is 0.174. The van der Waals surface area contributed by atoms with E-state index < -0.39 is 5.91 Å². The molecular weight excluding hydrogens is 414 g/mol. The molecule has 0 unspecified atom stereocenters. The van der Waals surface area contributed by atoms with E-state index in [0.717, 1.165) is 34.0 Å². The molecule has 0 aliphatic carbocycles. The predicted octanol–water partition coefficient (Wildman–Crippen LogP) is 4.34. The molecule has 2 aromatic heterocycles. The van der Waals surface area contributed by atoms with Gasteiger partial charge in [0.2, 0.25) is 5.91 Å². The Hall–Kier alpha value is -2.90. The summed E-state index contributed by atoms with van der Waals surface area (Å²) in [7, 11) is 0. The lowest BCUT2D eigenvalue weighted by molar-refractivity contribution is -0.117. The van der Waals surface area contributed by atoms with Gasteiger partial charge in [0.05, 0.1) is 28.1 Å². The van der Waals surface area contributed by atoms with Crippen LogP contribution in [0.25, 0.3) is 11.0 Å². The maximum absolute atomic E-state index is 12.7. The van der Waals surface area contributed by atoms with Crippen LogP contribution >= 0.6 is 23.1 Å². The molecule has 0 aliphatic heterocycles. The molecule has 5 nitrogen and oxygen atoms in total. The van der Waals surface area contributed by atoms with Crippen molar-refractivity contribution in [1.82, 2.24) is 9.55 Å². The van der Waals surface area contributed by atoms with E-state index in [4.69, 9.17) is 10.7 Å². The monoisotopic (exact) mass is 435 g/mol. The molecule has 0 spiro atoms. The molecule has 0 radical (unpaired) electrons. The van der Waals surface area contributed by atoms with Gasteiger partial charge >= 0.3 is 0 Å². The van der Waals surface area contributed by atoms with Gasteiger partial charge in [-0.15, -0.1) is 11.3 Å². The number of amides is 1. The van der Waals surface area contributed by atoms with Crippen LogP contribution in [0.2, 0.25) is 0 Å². The third-order valence-corrected chi connectivity index (χ3v) is 6.81. The highest BCUT2D eigenvalue weighted by Gasteiger charge is 2.15. The number of aromatic nitrogens is 2. The van der Waals surface area contributed by atoms with Gasteiger partial charge in [0.15, 0.2) is 10.9 Å². The number of nitrogens with two attached hydrogens (primary N) is 1. The van der Waals surface area contributed by atoms with Gasteiger partial charge in [0.25, 0.3) is 0 Å². The summed E-state index contributed by atoms with van der Waals surface area (Å²) >= 11 is 2.78. The number of hydrogen-bond donors (Lipinski definition) is 1. The fourth-order valence-corrected chi connectivity index (χ4v) is 5.23. The van der Waals surface area contributed by atoms with Crippen LogP contribution in [0.15, 0.2) is 71.9 Å². The van der Waals surface area contributed by atoms with E-state index in [1.165, 1.54) is 28.7 Å². The number of primary amides is 1. The maximum atomic E-state index is 12.7. The highest BCUT2D eigenvalue weighted by molar-refractivity contribution is 7.99. The number of para-hydroxylation sites is 2. The highest BCUT2D eigenvalue weighted by atomic mass is 32.2. The van der Waals surface area contributed by atoms with Gasteiger partial charge in [0, 0.05) is 11.4 Å². The van der Waals surface area contributed by atoms with Crippen molar-refractivity contribution in [1.29, 1.82) is 0 Å². The number of nitrogens with zero attached hydrogens (tertiary/aromatic N) is 2. The minimum Gasteiger partial charge on any atom is -0.369 e. The summed E-state index contributed by atoms with van der Waals surface area (Å²) in [6, 6.07) is 22.0. The lowest BCUT2D eigenvalue weighted by Gasteiger charge is -2.09. The molecule has 0 saturated heterocycles. The number of fused-ring (bicyclic) bond motifs is 1. The summed E-state index contributed by atoms with van der Waals surface area (Å²) in [5.74, 6) is -0.0645. The zero-order chi connectivity index (χ0) is 20.9. The SMILES string of the molecule is NC(=O)Cc1ccc(C(=O)CSc2nc3ccccc3n2CCc2ccccc2)s1. The molecule has 0 bridgehead atoms. The number of thioether (sulfide) groups is 1. The average Bonchev–Trinajstić information content (AvgIpc) is 3.35. The molecule has 30 heavy (non-hydrogen) atoms. The Bertz CT molecular complexity index is 1180. The smallest absolute Gasteiger partial charge is 0.222 e. The molecule has 2 N–H and O–H groups in total. The first kappa shape index (κ1) is 20.4. The summed E-state index contributed by atoms with van der Waals surface area (Å²) in [6.07, 6.45) is 1.06. The standard InChI is InChI=1S/C23H21N3O2S2/c24-22(28)14-17-10-11-21(30-17)20(27)15-29-23-25-18-8-4-5-9-19(18)26(23)13-12-16-6-2-1-3-7-16/h1-11H,12-15H2,(H2,24,28). The van der Waals surface area contributed by atoms with Crippen LogP contribution in [0.3, 0.4) is 0 Å². The molecular formula is C23H21N3O2S2. The van der Waals surface area contributed by atoms with Gasteiger partial charge in [-0.1, -0.05) is 54.2 Å². The van der Waals surface area contributed by atoms with E-state index in [-0.39, 0.29) is 12.2 Å². The van der Waals surface area contributed by atoms with Crippen LogP contribution in [0.5, 0.6) is 0 Å². The van der Waals surface area contributed by atoms with E-state index in [2.05, 4.69) is 22.8 Å². The van der Waals surface area contributed by atoms with E-state index in [9.17, 15) is 9.59 Å². The number of benzene rings is 2. The van der Waals surface area contributed by atoms with Crippen LogP contribution in [0.1, 0.15) is 20.1 Å². The average molecular weight is 436 g/mol. The van der Waals surface area contributed by atoms with E-state index in [1.54, 1.807) is 12.1 Å². The molecule has 0 fully saturated rings. The molecule has 1 amide bonds. The number of thiophene rings is 1. The number of aryl methyl sites for hydroxylation is 2. The summed E-state index contributed by atoms with van der Waals surface area (Å²) in [5.41, 5.74) is 8.51. The van der Waals surface area contributed by atoms with Crippen LogP contribution in [-0.2, 0) is 24.2 Å². The Morgan fingerprint density at radius 1 is 1.00 bits per heavy atom. The Morgan fingerprint density at radius 3 is 2.57 bits per heavy atom.